The van der Waals surface area contributed by atoms with Gasteiger partial charge in [-0.05, 0) is 49.6 Å². The van der Waals surface area contributed by atoms with Gasteiger partial charge in [-0.1, -0.05) is 31.9 Å². The monoisotopic (exact) mass is 521 g/mol. The van der Waals surface area contributed by atoms with Crippen molar-refractivity contribution in [2.75, 3.05) is 34.0 Å². The molecular formula is C29H35N3O6. The topological polar surface area (TPSA) is 103 Å². The van der Waals surface area contributed by atoms with E-state index in [1.54, 1.807) is 25.3 Å². The summed E-state index contributed by atoms with van der Waals surface area (Å²) in [5, 5.41) is 11.5. The Bertz CT molecular complexity index is 1380. The van der Waals surface area contributed by atoms with Crippen LogP contribution in [0, 0.1) is 13.8 Å². The molecule has 0 radical (unpaired) electrons. The van der Waals surface area contributed by atoms with Crippen LogP contribution < -0.4 is 9.47 Å². The van der Waals surface area contributed by atoms with Crippen LogP contribution in [0.3, 0.4) is 0 Å². The predicted molar refractivity (Wildman–Crippen MR) is 144 cm³/mol. The summed E-state index contributed by atoms with van der Waals surface area (Å²) in [7, 11) is 3.07. The van der Waals surface area contributed by atoms with Crippen LogP contribution in [-0.2, 0) is 14.3 Å². The molecule has 0 saturated carbocycles. The van der Waals surface area contributed by atoms with E-state index < -0.39 is 17.7 Å². The van der Waals surface area contributed by atoms with Crippen molar-refractivity contribution in [2.45, 2.75) is 46.1 Å². The normalized spacial score (nSPS) is 17.0. The molecule has 202 valence electrons. The molecule has 1 amide bonds. The first-order chi connectivity index (χ1) is 18.3. The molecule has 4 rings (SSSR count). The molecule has 9 heteroatoms. The molecule has 0 bridgehead atoms. The number of unbranched alkanes of at least 4 members (excludes halogenated alkanes) is 2. The minimum absolute atomic E-state index is 0.0195. The van der Waals surface area contributed by atoms with E-state index in [0.29, 0.717) is 35.0 Å². The standard InChI is InChI=1S/C29H35N3O6/c1-6-7-8-15-38-21-12-11-20(17-22(21)37-5)25-23(27(34)29(35)32(25)14-16-36-4)26(33)24-19(3)31-13-9-10-18(2)28(31)30-24/h9-13,17,25,33H,6-8,14-16H2,1-5H3/b26-23+. The highest BCUT2D eigenvalue weighted by atomic mass is 16.5. The van der Waals surface area contributed by atoms with Gasteiger partial charge in [0.1, 0.15) is 11.3 Å². The number of aromatic nitrogens is 2. The Morgan fingerprint density at radius 3 is 2.55 bits per heavy atom. The van der Waals surface area contributed by atoms with Crippen LogP contribution in [-0.4, -0.2) is 65.1 Å². The van der Waals surface area contributed by atoms with Gasteiger partial charge in [0.05, 0.1) is 37.6 Å². The largest absolute Gasteiger partial charge is 0.505 e. The maximum Gasteiger partial charge on any atom is 0.295 e. The number of hydrogen-bond acceptors (Lipinski definition) is 7. The smallest absolute Gasteiger partial charge is 0.295 e. The lowest BCUT2D eigenvalue weighted by atomic mass is 9.96. The molecule has 1 atom stereocenters. The van der Waals surface area contributed by atoms with Gasteiger partial charge in [-0.25, -0.2) is 4.98 Å². The first kappa shape index (κ1) is 27.2. The number of Topliss-reactive ketones (excluding diaryl/α,β-unsaturated/α-hetero) is 1. The molecule has 3 aromatic rings. The molecule has 3 heterocycles. The Balaban J connectivity index is 1.83. The van der Waals surface area contributed by atoms with Crippen LogP contribution in [0.4, 0.5) is 0 Å². The quantitative estimate of drug-likeness (QED) is 0.170. The molecule has 1 unspecified atom stereocenters. The number of likely N-dealkylation sites (tertiary alicyclic amines) is 1. The highest BCUT2D eigenvalue weighted by molar-refractivity contribution is 6.46. The Hall–Kier alpha value is -3.85. The molecule has 1 aromatic carbocycles. The maximum absolute atomic E-state index is 13.4. The number of nitrogens with zero attached hydrogens (tertiary/aromatic N) is 3. The minimum Gasteiger partial charge on any atom is -0.505 e. The zero-order valence-corrected chi connectivity index (χ0v) is 22.6. The summed E-state index contributed by atoms with van der Waals surface area (Å²) in [6.07, 6.45) is 4.93. The van der Waals surface area contributed by atoms with Crippen LogP contribution in [0.5, 0.6) is 11.5 Å². The van der Waals surface area contributed by atoms with Gasteiger partial charge in [-0.15, -0.1) is 0 Å². The second-order valence-corrected chi connectivity index (χ2v) is 9.38. The number of ether oxygens (including phenoxy) is 3. The number of aliphatic hydroxyl groups is 1. The third kappa shape index (κ3) is 4.98. The number of methoxy groups -OCH3 is 2. The lowest BCUT2D eigenvalue weighted by molar-refractivity contribution is -0.140. The molecule has 38 heavy (non-hydrogen) atoms. The van der Waals surface area contributed by atoms with Crippen LogP contribution in [0.2, 0.25) is 0 Å². The van der Waals surface area contributed by atoms with E-state index in [1.807, 2.05) is 36.6 Å². The van der Waals surface area contributed by atoms with E-state index in [9.17, 15) is 14.7 Å². The van der Waals surface area contributed by atoms with Gasteiger partial charge in [0.25, 0.3) is 11.7 Å². The molecule has 1 aliphatic heterocycles. The van der Waals surface area contributed by atoms with Crippen molar-refractivity contribution in [3.63, 3.8) is 0 Å². The zero-order chi connectivity index (χ0) is 27.4. The zero-order valence-electron chi connectivity index (χ0n) is 22.6. The van der Waals surface area contributed by atoms with E-state index in [1.165, 1.54) is 12.0 Å². The van der Waals surface area contributed by atoms with E-state index in [-0.39, 0.29) is 30.2 Å². The minimum atomic E-state index is -0.849. The number of ketones is 1. The summed E-state index contributed by atoms with van der Waals surface area (Å²) >= 11 is 0. The predicted octanol–water partition coefficient (Wildman–Crippen LogP) is 4.60. The van der Waals surface area contributed by atoms with Crippen molar-refractivity contribution in [3.8, 4) is 11.5 Å². The van der Waals surface area contributed by atoms with Crippen molar-refractivity contribution in [1.29, 1.82) is 0 Å². The van der Waals surface area contributed by atoms with Gasteiger partial charge in [0.2, 0.25) is 0 Å². The number of imidazole rings is 1. The molecule has 0 spiro atoms. The average Bonchev–Trinajstić information content (AvgIpc) is 3.39. The molecule has 1 fully saturated rings. The molecule has 1 saturated heterocycles. The summed E-state index contributed by atoms with van der Waals surface area (Å²) < 4.78 is 18.6. The first-order valence-corrected chi connectivity index (χ1v) is 12.9. The van der Waals surface area contributed by atoms with Crippen LogP contribution >= 0.6 is 0 Å². The van der Waals surface area contributed by atoms with E-state index in [4.69, 9.17) is 14.2 Å². The Kier molecular flexibility index (Phi) is 8.36. The number of fused-ring (bicyclic) bond motifs is 1. The van der Waals surface area contributed by atoms with Crippen molar-refractivity contribution >= 4 is 23.1 Å². The summed E-state index contributed by atoms with van der Waals surface area (Å²) in [5.41, 5.74) is 3.11. The lowest BCUT2D eigenvalue weighted by Gasteiger charge is -2.25. The van der Waals surface area contributed by atoms with Crippen LogP contribution in [0.1, 0.15) is 54.7 Å². The molecule has 9 nitrogen and oxygen atoms in total. The van der Waals surface area contributed by atoms with Crippen LogP contribution in [0.25, 0.3) is 11.4 Å². The van der Waals surface area contributed by atoms with Gasteiger partial charge in [-0.3, -0.25) is 9.59 Å². The van der Waals surface area contributed by atoms with Crippen LogP contribution in [0.15, 0.2) is 42.1 Å². The van der Waals surface area contributed by atoms with Gasteiger partial charge >= 0.3 is 0 Å². The molecule has 1 aliphatic rings. The third-order valence-corrected chi connectivity index (χ3v) is 6.89. The Morgan fingerprint density at radius 1 is 1.08 bits per heavy atom. The number of benzene rings is 1. The number of carbonyl (C=O) groups is 2. The van der Waals surface area contributed by atoms with Crippen molar-refractivity contribution in [2.24, 2.45) is 0 Å². The number of aryl methyl sites for hydroxylation is 2. The number of hydrogen-bond donors (Lipinski definition) is 1. The third-order valence-electron chi connectivity index (χ3n) is 6.89. The number of aliphatic hydroxyl groups excluding tert-OH is 1. The number of rotatable bonds is 11. The first-order valence-electron chi connectivity index (χ1n) is 12.9. The number of carbonyl (C=O) groups excluding carboxylic acids is 2. The molecule has 1 N–H and O–H groups in total. The second kappa shape index (κ2) is 11.7. The van der Waals surface area contributed by atoms with Crippen molar-refractivity contribution < 1.29 is 28.9 Å². The van der Waals surface area contributed by atoms with Crippen molar-refractivity contribution in [3.05, 3.63) is 64.6 Å². The average molecular weight is 522 g/mol. The maximum atomic E-state index is 13.4. The van der Waals surface area contributed by atoms with Gasteiger partial charge in [0, 0.05) is 19.9 Å². The Morgan fingerprint density at radius 2 is 1.87 bits per heavy atom. The van der Waals surface area contributed by atoms with Gasteiger partial charge in [0.15, 0.2) is 17.3 Å². The fourth-order valence-corrected chi connectivity index (χ4v) is 4.83. The van der Waals surface area contributed by atoms with Crippen molar-refractivity contribution in [1.82, 2.24) is 14.3 Å². The molecule has 2 aromatic heterocycles. The number of pyridine rings is 1. The number of amides is 1. The van der Waals surface area contributed by atoms with Gasteiger partial charge in [-0.2, -0.15) is 0 Å². The summed E-state index contributed by atoms with van der Waals surface area (Å²) in [6.45, 7) is 6.83. The highest BCUT2D eigenvalue weighted by Gasteiger charge is 2.46. The fourth-order valence-electron chi connectivity index (χ4n) is 4.83. The van der Waals surface area contributed by atoms with E-state index in [0.717, 1.165) is 24.8 Å². The summed E-state index contributed by atoms with van der Waals surface area (Å²) in [5.74, 6) is -0.725. The summed E-state index contributed by atoms with van der Waals surface area (Å²) in [4.78, 5) is 32.6. The fraction of sp³-hybridized carbons (Fsp3) is 0.414. The van der Waals surface area contributed by atoms with E-state index in [2.05, 4.69) is 11.9 Å². The molecular weight excluding hydrogens is 486 g/mol. The summed E-state index contributed by atoms with van der Waals surface area (Å²) in [6, 6.07) is 8.28. The Labute approximate surface area is 222 Å². The van der Waals surface area contributed by atoms with Gasteiger partial charge < -0.3 is 28.6 Å². The highest BCUT2D eigenvalue weighted by Crippen LogP contribution is 2.42. The lowest BCUT2D eigenvalue weighted by Crippen LogP contribution is -2.32. The SMILES string of the molecule is CCCCCOc1ccc(C2/C(=C(\O)c3nc4c(C)cccn4c3C)C(=O)C(=O)N2CCOC)cc1OC. The second-order valence-electron chi connectivity index (χ2n) is 9.38. The molecule has 0 aliphatic carbocycles. The van der Waals surface area contributed by atoms with E-state index >= 15 is 0 Å².